The van der Waals surface area contributed by atoms with Gasteiger partial charge in [0, 0.05) is 14.1 Å². The van der Waals surface area contributed by atoms with E-state index in [0.717, 1.165) is 0 Å². The number of aliphatic hydroxyl groups excluding tert-OH is 1. The van der Waals surface area contributed by atoms with Crippen molar-refractivity contribution >= 4 is 11.9 Å². The summed E-state index contributed by atoms with van der Waals surface area (Å²) in [5.41, 5.74) is 0.488. The zero-order chi connectivity index (χ0) is 15.4. The quantitative estimate of drug-likeness (QED) is 0.676. The highest BCUT2D eigenvalue weighted by molar-refractivity contribution is 5.99. The van der Waals surface area contributed by atoms with E-state index in [-0.39, 0.29) is 17.2 Å². The largest absolute Gasteiger partial charge is 0.422 e. The minimum atomic E-state index is -0.876. The summed E-state index contributed by atoms with van der Waals surface area (Å²) in [4.78, 5) is 25.6. The van der Waals surface area contributed by atoms with Gasteiger partial charge in [-0.05, 0) is 24.6 Å². The molecule has 0 heterocycles. The maximum absolute atomic E-state index is 12.1. The van der Waals surface area contributed by atoms with Gasteiger partial charge in [0.15, 0.2) is 0 Å². The lowest BCUT2D eigenvalue weighted by Crippen LogP contribution is -2.25. The van der Waals surface area contributed by atoms with Crippen molar-refractivity contribution in [3.8, 4) is 5.75 Å². The molecule has 5 nitrogen and oxygen atoms in total. The molecule has 21 heavy (non-hydrogen) atoms. The van der Waals surface area contributed by atoms with Crippen LogP contribution in [0.3, 0.4) is 0 Å². The van der Waals surface area contributed by atoms with Crippen LogP contribution in [0.5, 0.6) is 5.75 Å². The molecule has 0 bridgehead atoms. The van der Waals surface area contributed by atoms with Gasteiger partial charge in [-0.25, -0.2) is 4.79 Å². The Morgan fingerprint density at radius 1 is 1.29 bits per heavy atom. The molecule has 1 N–H and O–H groups in total. The molecule has 1 aromatic carbocycles. The second kappa shape index (κ2) is 6.37. The Morgan fingerprint density at radius 3 is 2.67 bits per heavy atom. The molecular weight excluding hydrogens is 270 g/mol. The van der Waals surface area contributed by atoms with E-state index in [1.807, 2.05) is 0 Å². The van der Waals surface area contributed by atoms with E-state index in [4.69, 9.17) is 4.74 Å². The fourth-order valence-electron chi connectivity index (χ4n) is 1.95. The molecule has 1 aromatic rings. The van der Waals surface area contributed by atoms with Crippen LogP contribution in [0.4, 0.5) is 0 Å². The fraction of sp³-hybridized carbons (Fsp3) is 0.250. The highest BCUT2D eigenvalue weighted by Gasteiger charge is 2.23. The van der Waals surface area contributed by atoms with Gasteiger partial charge in [-0.3, -0.25) is 4.79 Å². The molecule has 2 rings (SSSR count). The van der Waals surface area contributed by atoms with Crippen LogP contribution in [0, 0.1) is 0 Å². The summed E-state index contributed by atoms with van der Waals surface area (Å²) in [5, 5.41) is 9.79. The van der Waals surface area contributed by atoms with Crippen molar-refractivity contribution in [3.05, 3.63) is 53.6 Å². The molecule has 1 aliphatic carbocycles. The molecule has 1 atom stereocenters. The topological polar surface area (TPSA) is 66.8 Å². The second-order valence-corrected chi connectivity index (χ2v) is 4.89. The van der Waals surface area contributed by atoms with E-state index < -0.39 is 12.1 Å². The SMILES string of the molecule is CN(C)C(=O)c1ccccc1OC(=O)C1=CC=CCC1O. The first-order valence-corrected chi connectivity index (χ1v) is 6.58. The predicted octanol–water partition coefficient (Wildman–Crippen LogP) is 1.54. The summed E-state index contributed by atoms with van der Waals surface area (Å²) >= 11 is 0. The van der Waals surface area contributed by atoms with Crippen LogP contribution in [0.1, 0.15) is 16.8 Å². The summed E-state index contributed by atoms with van der Waals surface area (Å²) in [7, 11) is 3.25. The van der Waals surface area contributed by atoms with Gasteiger partial charge in [0.1, 0.15) is 5.75 Å². The summed E-state index contributed by atoms with van der Waals surface area (Å²) in [6, 6.07) is 6.53. The van der Waals surface area contributed by atoms with E-state index >= 15 is 0 Å². The number of nitrogens with zero attached hydrogens (tertiary/aromatic N) is 1. The van der Waals surface area contributed by atoms with E-state index in [1.54, 1.807) is 50.5 Å². The van der Waals surface area contributed by atoms with Gasteiger partial charge in [0.05, 0.1) is 17.2 Å². The number of ether oxygens (including phenoxy) is 1. The lowest BCUT2D eigenvalue weighted by molar-refractivity contribution is -0.131. The Labute approximate surface area is 123 Å². The van der Waals surface area contributed by atoms with Crippen LogP contribution >= 0.6 is 0 Å². The summed E-state index contributed by atoms with van der Waals surface area (Å²) < 4.78 is 5.28. The monoisotopic (exact) mass is 287 g/mol. The first kappa shape index (κ1) is 15.0. The number of carbonyl (C=O) groups excluding carboxylic acids is 2. The molecule has 0 spiro atoms. The highest BCUT2D eigenvalue weighted by Crippen LogP contribution is 2.22. The summed E-state index contributed by atoms with van der Waals surface area (Å²) in [5.74, 6) is -0.717. The number of para-hydroxylation sites is 1. The lowest BCUT2D eigenvalue weighted by atomic mass is 10.0. The van der Waals surface area contributed by atoms with Crippen LogP contribution in [-0.2, 0) is 4.79 Å². The maximum atomic E-state index is 12.1. The van der Waals surface area contributed by atoms with Gasteiger partial charge in [0.25, 0.3) is 5.91 Å². The second-order valence-electron chi connectivity index (χ2n) is 4.89. The molecule has 110 valence electrons. The molecule has 1 amide bonds. The van der Waals surface area contributed by atoms with Crippen molar-refractivity contribution in [1.29, 1.82) is 0 Å². The summed E-state index contributed by atoms with van der Waals surface area (Å²) in [6.45, 7) is 0. The van der Waals surface area contributed by atoms with Gasteiger partial charge in [0.2, 0.25) is 0 Å². The number of benzene rings is 1. The van der Waals surface area contributed by atoms with Crippen LogP contribution in [-0.4, -0.2) is 42.1 Å². The number of esters is 1. The van der Waals surface area contributed by atoms with E-state index in [2.05, 4.69) is 0 Å². The van der Waals surface area contributed by atoms with Gasteiger partial charge >= 0.3 is 5.97 Å². The minimum Gasteiger partial charge on any atom is -0.422 e. The lowest BCUT2D eigenvalue weighted by Gasteiger charge is -2.17. The molecule has 0 aliphatic heterocycles. The third kappa shape index (κ3) is 3.38. The van der Waals surface area contributed by atoms with Crippen LogP contribution in [0.2, 0.25) is 0 Å². The molecule has 1 aliphatic rings. The zero-order valence-corrected chi connectivity index (χ0v) is 11.9. The average molecular weight is 287 g/mol. The zero-order valence-electron chi connectivity index (χ0n) is 11.9. The van der Waals surface area contributed by atoms with Gasteiger partial charge in [-0.1, -0.05) is 24.3 Å². The third-order valence-corrected chi connectivity index (χ3v) is 3.09. The fourth-order valence-corrected chi connectivity index (χ4v) is 1.95. The van der Waals surface area contributed by atoms with Gasteiger partial charge in [-0.2, -0.15) is 0 Å². The van der Waals surface area contributed by atoms with Gasteiger partial charge in [-0.15, -0.1) is 0 Å². The smallest absolute Gasteiger partial charge is 0.342 e. The molecule has 1 unspecified atom stereocenters. The molecule has 5 heteroatoms. The average Bonchev–Trinajstić information content (AvgIpc) is 2.47. The van der Waals surface area contributed by atoms with Crippen molar-refractivity contribution in [2.75, 3.05) is 14.1 Å². The molecule has 0 saturated heterocycles. The maximum Gasteiger partial charge on any atom is 0.342 e. The predicted molar refractivity (Wildman–Crippen MR) is 77.9 cm³/mol. The molecule has 0 radical (unpaired) electrons. The molecular formula is C16H17NO4. The Balaban J connectivity index is 2.24. The van der Waals surface area contributed by atoms with E-state index in [0.29, 0.717) is 12.0 Å². The number of amides is 1. The number of aliphatic hydroxyl groups is 1. The Kier molecular flexibility index (Phi) is 4.55. The summed E-state index contributed by atoms with van der Waals surface area (Å²) in [6.07, 6.45) is 4.48. The van der Waals surface area contributed by atoms with Crippen molar-refractivity contribution < 1.29 is 19.4 Å². The van der Waals surface area contributed by atoms with Crippen molar-refractivity contribution in [3.63, 3.8) is 0 Å². The highest BCUT2D eigenvalue weighted by atomic mass is 16.5. The number of rotatable bonds is 3. The third-order valence-electron chi connectivity index (χ3n) is 3.09. The molecule has 0 aromatic heterocycles. The van der Waals surface area contributed by atoms with Crippen molar-refractivity contribution in [2.24, 2.45) is 0 Å². The Bertz CT molecular complexity index is 616. The van der Waals surface area contributed by atoms with E-state index in [1.165, 1.54) is 11.0 Å². The Morgan fingerprint density at radius 2 is 2.00 bits per heavy atom. The first-order valence-electron chi connectivity index (χ1n) is 6.58. The normalized spacial score (nSPS) is 17.1. The number of hydrogen-bond acceptors (Lipinski definition) is 4. The number of carbonyl (C=O) groups is 2. The number of allylic oxidation sites excluding steroid dienone is 2. The Hall–Kier alpha value is -2.40. The van der Waals surface area contributed by atoms with Crippen molar-refractivity contribution in [1.82, 2.24) is 4.90 Å². The molecule has 0 saturated carbocycles. The van der Waals surface area contributed by atoms with Crippen LogP contribution in [0.25, 0.3) is 0 Å². The van der Waals surface area contributed by atoms with E-state index in [9.17, 15) is 14.7 Å². The molecule has 0 fully saturated rings. The number of hydrogen-bond donors (Lipinski definition) is 1. The van der Waals surface area contributed by atoms with Gasteiger partial charge < -0.3 is 14.7 Å². The van der Waals surface area contributed by atoms with Crippen molar-refractivity contribution in [2.45, 2.75) is 12.5 Å². The minimum absolute atomic E-state index is 0.184. The first-order chi connectivity index (χ1) is 10.0. The standard InChI is InChI=1S/C16H17NO4/c1-17(2)15(19)12-8-4-6-10-14(12)21-16(20)11-7-3-5-9-13(11)18/h3-8,10,13,18H,9H2,1-2H3. The van der Waals surface area contributed by atoms with Crippen LogP contribution < -0.4 is 4.74 Å². The van der Waals surface area contributed by atoms with Crippen LogP contribution in [0.15, 0.2) is 48.1 Å².